The summed E-state index contributed by atoms with van der Waals surface area (Å²) in [5.41, 5.74) is 7.83. The van der Waals surface area contributed by atoms with Gasteiger partial charge in [0.15, 0.2) is 0 Å². The monoisotopic (exact) mass is 268 g/mol. The Morgan fingerprint density at radius 1 is 0.850 bits per heavy atom. The molecule has 2 rings (SSSR count). The van der Waals surface area contributed by atoms with Crippen molar-refractivity contribution in [1.82, 2.24) is 5.32 Å². The molecule has 0 radical (unpaired) electrons. The molecular weight excluding hydrogens is 244 g/mol. The largest absolute Gasteiger partial charge is 0.388 e. The fourth-order valence-corrected chi connectivity index (χ4v) is 2.97. The first-order chi connectivity index (χ1) is 9.56. The van der Waals surface area contributed by atoms with Crippen molar-refractivity contribution in [2.45, 2.75) is 26.8 Å². The molecule has 0 saturated heterocycles. The number of hydrogen-bond donors (Lipinski definition) is 2. The maximum atomic E-state index is 3.45. The van der Waals surface area contributed by atoms with E-state index in [1.54, 1.807) is 0 Å². The number of hydrogen-bond acceptors (Lipinski definition) is 2. The van der Waals surface area contributed by atoms with E-state index in [4.69, 9.17) is 0 Å². The first kappa shape index (κ1) is 14.6. The second-order valence-electron chi connectivity index (χ2n) is 5.41. The second kappa shape index (κ2) is 6.10. The van der Waals surface area contributed by atoms with Gasteiger partial charge in [0.25, 0.3) is 0 Å². The molecule has 0 bridgehead atoms. The van der Waals surface area contributed by atoms with Crippen LogP contribution in [0.2, 0.25) is 0 Å². The maximum Gasteiger partial charge on any atom is 0.0579 e. The molecule has 0 saturated carbocycles. The molecule has 0 aromatic heterocycles. The summed E-state index contributed by atoms with van der Waals surface area (Å²) in [4.78, 5) is 0. The van der Waals surface area contributed by atoms with Gasteiger partial charge in [-0.3, -0.25) is 0 Å². The van der Waals surface area contributed by atoms with Gasteiger partial charge in [0.1, 0.15) is 0 Å². The average Bonchev–Trinajstić information content (AvgIpc) is 2.43. The fraction of sp³-hybridized carbons (Fsp3) is 0.333. The van der Waals surface area contributed by atoms with Gasteiger partial charge >= 0.3 is 0 Å². The third kappa shape index (κ3) is 2.86. The Labute approximate surface area is 122 Å². The Morgan fingerprint density at radius 2 is 1.40 bits per heavy atom. The van der Waals surface area contributed by atoms with Crippen molar-refractivity contribution in [2.75, 3.05) is 19.4 Å². The summed E-state index contributed by atoms with van der Waals surface area (Å²) in [6.45, 7) is 6.54. The SMILES string of the molecule is CNc1ccc(C(NC)c2c(C)cc(C)cc2C)cc1. The van der Waals surface area contributed by atoms with Crippen molar-refractivity contribution in [1.29, 1.82) is 0 Å². The minimum absolute atomic E-state index is 0.238. The highest BCUT2D eigenvalue weighted by Gasteiger charge is 2.16. The van der Waals surface area contributed by atoms with E-state index in [1.165, 1.54) is 27.8 Å². The highest BCUT2D eigenvalue weighted by atomic mass is 14.9. The lowest BCUT2D eigenvalue weighted by atomic mass is 9.90. The highest BCUT2D eigenvalue weighted by Crippen LogP contribution is 2.29. The minimum Gasteiger partial charge on any atom is -0.388 e. The summed E-state index contributed by atoms with van der Waals surface area (Å²) in [5.74, 6) is 0. The molecule has 1 atom stereocenters. The molecule has 0 amide bonds. The first-order valence-corrected chi connectivity index (χ1v) is 7.09. The van der Waals surface area contributed by atoms with Crippen molar-refractivity contribution in [3.8, 4) is 0 Å². The predicted octanol–water partition coefficient (Wildman–Crippen LogP) is 3.96. The first-order valence-electron chi connectivity index (χ1n) is 7.09. The minimum atomic E-state index is 0.238. The molecule has 2 aromatic carbocycles. The van der Waals surface area contributed by atoms with Crippen LogP contribution in [-0.2, 0) is 0 Å². The van der Waals surface area contributed by atoms with Crippen molar-refractivity contribution >= 4 is 5.69 Å². The molecular formula is C18H24N2. The lowest BCUT2D eigenvalue weighted by Gasteiger charge is -2.22. The molecule has 106 valence electrons. The molecule has 1 unspecified atom stereocenters. The van der Waals surface area contributed by atoms with E-state index in [0.29, 0.717) is 0 Å². The zero-order valence-corrected chi connectivity index (χ0v) is 13.0. The maximum absolute atomic E-state index is 3.45. The summed E-state index contributed by atoms with van der Waals surface area (Å²) >= 11 is 0. The molecule has 2 N–H and O–H groups in total. The highest BCUT2D eigenvalue weighted by molar-refractivity contribution is 5.48. The normalized spacial score (nSPS) is 12.2. The molecule has 0 fully saturated rings. The third-order valence-electron chi connectivity index (χ3n) is 3.85. The average molecular weight is 268 g/mol. The van der Waals surface area contributed by atoms with Crippen LogP contribution < -0.4 is 10.6 Å². The number of aryl methyl sites for hydroxylation is 3. The number of nitrogens with one attached hydrogen (secondary N) is 2. The number of anilines is 1. The van der Waals surface area contributed by atoms with Gasteiger partial charge in [0.2, 0.25) is 0 Å². The molecule has 2 heteroatoms. The topological polar surface area (TPSA) is 24.1 Å². The summed E-state index contributed by atoms with van der Waals surface area (Å²) in [6.07, 6.45) is 0. The van der Waals surface area contributed by atoms with E-state index in [2.05, 4.69) is 67.8 Å². The Kier molecular flexibility index (Phi) is 4.46. The predicted molar refractivity (Wildman–Crippen MR) is 87.5 cm³/mol. The van der Waals surface area contributed by atoms with Crippen LogP contribution >= 0.6 is 0 Å². The van der Waals surface area contributed by atoms with E-state index in [1.807, 2.05) is 14.1 Å². The summed E-state index contributed by atoms with van der Waals surface area (Å²) < 4.78 is 0. The zero-order chi connectivity index (χ0) is 14.7. The van der Waals surface area contributed by atoms with Crippen LogP contribution in [-0.4, -0.2) is 14.1 Å². The van der Waals surface area contributed by atoms with E-state index in [9.17, 15) is 0 Å². The van der Waals surface area contributed by atoms with Crippen molar-refractivity contribution in [3.05, 3.63) is 64.2 Å². The lowest BCUT2D eigenvalue weighted by Crippen LogP contribution is -2.20. The molecule has 0 aliphatic carbocycles. The van der Waals surface area contributed by atoms with E-state index in [-0.39, 0.29) is 6.04 Å². The third-order valence-corrected chi connectivity index (χ3v) is 3.85. The Hall–Kier alpha value is -1.80. The summed E-state index contributed by atoms with van der Waals surface area (Å²) in [6, 6.07) is 13.4. The van der Waals surface area contributed by atoms with Crippen LogP contribution in [0, 0.1) is 20.8 Å². The quantitative estimate of drug-likeness (QED) is 0.877. The molecule has 0 aliphatic heterocycles. The number of rotatable bonds is 4. The lowest BCUT2D eigenvalue weighted by molar-refractivity contribution is 0.683. The van der Waals surface area contributed by atoms with Gasteiger partial charge in [-0.2, -0.15) is 0 Å². The molecule has 0 spiro atoms. The smallest absolute Gasteiger partial charge is 0.0579 e. The summed E-state index contributed by atoms with van der Waals surface area (Å²) in [7, 11) is 3.97. The number of benzene rings is 2. The van der Waals surface area contributed by atoms with Crippen LogP contribution in [0.3, 0.4) is 0 Å². The van der Waals surface area contributed by atoms with Crippen LogP contribution in [0.4, 0.5) is 5.69 Å². The Bertz CT molecular complexity index is 562. The molecule has 2 aromatic rings. The molecule has 20 heavy (non-hydrogen) atoms. The van der Waals surface area contributed by atoms with E-state index in [0.717, 1.165) is 5.69 Å². The van der Waals surface area contributed by atoms with E-state index < -0.39 is 0 Å². The van der Waals surface area contributed by atoms with Crippen molar-refractivity contribution in [2.24, 2.45) is 0 Å². The van der Waals surface area contributed by atoms with Crippen molar-refractivity contribution < 1.29 is 0 Å². The van der Waals surface area contributed by atoms with Gasteiger partial charge in [0, 0.05) is 12.7 Å². The summed E-state index contributed by atoms with van der Waals surface area (Å²) in [5, 5.41) is 6.61. The van der Waals surface area contributed by atoms with Crippen LogP contribution in [0.15, 0.2) is 36.4 Å². The fourth-order valence-electron chi connectivity index (χ4n) is 2.97. The van der Waals surface area contributed by atoms with Crippen LogP contribution in [0.1, 0.15) is 33.9 Å². The molecule has 0 aliphatic rings. The van der Waals surface area contributed by atoms with Gasteiger partial charge < -0.3 is 10.6 Å². The van der Waals surface area contributed by atoms with Crippen molar-refractivity contribution in [3.63, 3.8) is 0 Å². The molecule has 2 nitrogen and oxygen atoms in total. The zero-order valence-electron chi connectivity index (χ0n) is 13.0. The van der Waals surface area contributed by atoms with Crippen LogP contribution in [0.5, 0.6) is 0 Å². The second-order valence-corrected chi connectivity index (χ2v) is 5.41. The van der Waals surface area contributed by atoms with E-state index >= 15 is 0 Å². The standard InChI is InChI=1S/C18H24N2/c1-12-10-13(2)17(14(3)11-12)18(20-5)15-6-8-16(19-4)9-7-15/h6-11,18-20H,1-5H3. The van der Waals surface area contributed by atoms with Gasteiger partial charge in [-0.25, -0.2) is 0 Å². The van der Waals surface area contributed by atoms with Gasteiger partial charge in [0.05, 0.1) is 6.04 Å². The van der Waals surface area contributed by atoms with Crippen LogP contribution in [0.25, 0.3) is 0 Å². The molecule has 0 heterocycles. The van der Waals surface area contributed by atoms with Gasteiger partial charge in [-0.05, 0) is 62.2 Å². The Balaban J connectivity index is 2.46. The van der Waals surface area contributed by atoms with Gasteiger partial charge in [-0.1, -0.05) is 29.8 Å². The van der Waals surface area contributed by atoms with Gasteiger partial charge in [-0.15, -0.1) is 0 Å². The Morgan fingerprint density at radius 3 is 1.85 bits per heavy atom.